The Bertz CT molecular complexity index is 387. The van der Waals surface area contributed by atoms with Crippen molar-refractivity contribution in [2.24, 2.45) is 0 Å². The van der Waals surface area contributed by atoms with Crippen molar-refractivity contribution in [2.45, 2.75) is 19.8 Å². The van der Waals surface area contributed by atoms with Gasteiger partial charge < -0.3 is 9.42 Å². The molecule has 0 N–H and O–H groups in total. The zero-order valence-electron chi connectivity index (χ0n) is 8.52. The molecule has 1 aliphatic rings. The maximum Gasteiger partial charge on any atom is 0.276 e. The summed E-state index contributed by atoms with van der Waals surface area (Å²) in [5.41, 5.74) is 0.321. The number of likely N-dealkylation sites (tertiary alicyclic amines) is 1. The van der Waals surface area contributed by atoms with Crippen LogP contribution < -0.4 is 0 Å². The third-order valence-electron chi connectivity index (χ3n) is 2.46. The van der Waals surface area contributed by atoms with Crippen LogP contribution in [0.2, 0.25) is 0 Å². The summed E-state index contributed by atoms with van der Waals surface area (Å²) in [6, 6.07) is 1.61. The first-order valence-electron chi connectivity index (χ1n) is 4.91. The van der Waals surface area contributed by atoms with E-state index in [0.29, 0.717) is 37.4 Å². The lowest BCUT2D eigenvalue weighted by Gasteiger charge is -2.24. The molecule has 2 rings (SSSR count). The Hall–Kier alpha value is -1.65. The van der Waals surface area contributed by atoms with E-state index in [0.717, 1.165) is 0 Å². The summed E-state index contributed by atoms with van der Waals surface area (Å²) < 4.78 is 4.83. The Morgan fingerprint density at radius 1 is 1.47 bits per heavy atom. The monoisotopic (exact) mass is 208 g/mol. The molecule has 1 aromatic rings. The van der Waals surface area contributed by atoms with Gasteiger partial charge >= 0.3 is 0 Å². The van der Waals surface area contributed by atoms with Crippen molar-refractivity contribution in [3.05, 3.63) is 17.5 Å². The Labute approximate surface area is 87.0 Å². The molecule has 80 valence electrons. The van der Waals surface area contributed by atoms with Gasteiger partial charge in [-0.3, -0.25) is 9.59 Å². The predicted octanol–water partition coefficient (Wildman–Crippen LogP) is 0.788. The largest absolute Gasteiger partial charge is 0.361 e. The van der Waals surface area contributed by atoms with Crippen LogP contribution in [0.1, 0.15) is 29.1 Å². The first kappa shape index (κ1) is 9.89. The molecule has 1 amide bonds. The van der Waals surface area contributed by atoms with Crippen molar-refractivity contribution in [1.29, 1.82) is 0 Å². The summed E-state index contributed by atoms with van der Waals surface area (Å²) in [7, 11) is 0. The number of aromatic nitrogens is 1. The number of piperidine rings is 1. The van der Waals surface area contributed by atoms with Crippen molar-refractivity contribution >= 4 is 11.7 Å². The van der Waals surface area contributed by atoms with E-state index in [1.165, 1.54) is 0 Å². The minimum absolute atomic E-state index is 0.153. The minimum Gasteiger partial charge on any atom is -0.361 e. The lowest BCUT2D eigenvalue weighted by molar-refractivity contribution is -0.120. The summed E-state index contributed by atoms with van der Waals surface area (Å²) in [6.07, 6.45) is 0.894. The Morgan fingerprint density at radius 2 is 2.13 bits per heavy atom. The average molecular weight is 208 g/mol. The van der Waals surface area contributed by atoms with Crippen LogP contribution in [0.15, 0.2) is 10.6 Å². The predicted molar refractivity (Wildman–Crippen MR) is 51.4 cm³/mol. The number of aryl methyl sites for hydroxylation is 1. The van der Waals surface area contributed by atoms with Gasteiger partial charge in [0, 0.05) is 32.0 Å². The molecule has 1 aromatic heterocycles. The van der Waals surface area contributed by atoms with Gasteiger partial charge in [-0.25, -0.2) is 0 Å². The third-order valence-corrected chi connectivity index (χ3v) is 2.46. The van der Waals surface area contributed by atoms with E-state index in [-0.39, 0.29) is 11.7 Å². The fourth-order valence-corrected chi connectivity index (χ4v) is 1.59. The Kier molecular flexibility index (Phi) is 2.53. The number of hydrogen-bond acceptors (Lipinski definition) is 4. The second-order valence-corrected chi connectivity index (χ2v) is 3.65. The highest BCUT2D eigenvalue weighted by Gasteiger charge is 2.23. The zero-order chi connectivity index (χ0) is 10.8. The molecule has 1 aliphatic heterocycles. The molecule has 0 aliphatic carbocycles. The third kappa shape index (κ3) is 2.06. The molecule has 0 atom stereocenters. The van der Waals surface area contributed by atoms with Crippen LogP contribution in [0, 0.1) is 6.92 Å². The smallest absolute Gasteiger partial charge is 0.276 e. The Morgan fingerprint density at radius 3 is 2.67 bits per heavy atom. The van der Waals surface area contributed by atoms with Crippen molar-refractivity contribution in [1.82, 2.24) is 10.1 Å². The molecule has 0 aromatic carbocycles. The first-order valence-corrected chi connectivity index (χ1v) is 4.91. The van der Waals surface area contributed by atoms with Gasteiger partial charge in [0.25, 0.3) is 5.91 Å². The molecule has 1 fully saturated rings. The highest BCUT2D eigenvalue weighted by Crippen LogP contribution is 2.11. The van der Waals surface area contributed by atoms with Crippen LogP contribution in [0.5, 0.6) is 0 Å². The van der Waals surface area contributed by atoms with E-state index >= 15 is 0 Å². The summed E-state index contributed by atoms with van der Waals surface area (Å²) in [5.74, 6) is 0.682. The number of rotatable bonds is 1. The minimum atomic E-state index is -0.153. The number of hydrogen-bond donors (Lipinski definition) is 0. The molecule has 0 unspecified atom stereocenters. The molecular formula is C10H12N2O3. The van der Waals surface area contributed by atoms with E-state index in [2.05, 4.69) is 5.16 Å². The quantitative estimate of drug-likeness (QED) is 0.684. The molecular weight excluding hydrogens is 196 g/mol. The number of ketones is 1. The van der Waals surface area contributed by atoms with E-state index < -0.39 is 0 Å². The maximum absolute atomic E-state index is 11.8. The molecule has 0 spiro atoms. The molecule has 2 heterocycles. The topological polar surface area (TPSA) is 63.4 Å². The van der Waals surface area contributed by atoms with Crippen molar-refractivity contribution in [3.63, 3.8) is 0 Å². The van der Waals surface area contributed by atoms with Gasteiger partial charge in [0.15, 0.2) is 5.69 Å². The molecule has 0 saturated carbocycles. The van der Waals surface area contributed by atoms with E-state index in [1.807, 2.05) is 0 Å². The van der Waals surface area contributed by atoms with Gasteiger partial charge in [-0.05, 0) is 6.92 Å². The first-order chi connectivity index (χ1) is 7.16. The molecule has 15 heavy (non-hydrogen) atoms. The van der Waals surface area contributed by atoms with Crippen LogP contribution >= 0.6 is 0 Å². The number of carbonyl (C=O) groups excluding carboxylic acids is 2. The molecule has 1 saturated heterocycles. The van der Waals surface area contributed by atoms with Crippen LogP contribution in [0.25, 0.3) is 0 Å². The average Bonchev–Trinajstić information content (AvgIpc) is 2.65. The number of amides is 1. The fourth-order valence-electron chi connectivity index (χ4n) is 1.59. The lowest BCUT2D eigenvalue weighted by atomic mass is 10.1. The van der Waals surface area contributed by atoms with Crippen LogP contribution in [0.3, 0.4) is 0 Å². The highest BCUT2D eigenvalue weighted by atomic mass is 16.5. The van der Waals surface area contributed by atoms with Gasteiger partial charge in [-0.2, -0.15) is 0 Å². The highest BCUT2D eigenvalue weighted by molar-refractivity contribution is 5.93. The van der Waals surface area contributed by atoms with Gasteiger partial charge in [0.1, 0.15) is 11.5 Å². The van der Waals surface area contributed by atoms with Crippen LogP contribution in [-0.2, 0) is 4.79 Å². The maximum atomic E-state index is 11.8. The summed E-state index contributed by atoms with van der Waals surface area (Å²) >= 11 is 0. The van der Waals surface area contributed by atoms with E-state index in [9.17, 15) is 9.59 Å². The Balaban J connectivity index is 2.05. The molecule has 5 heteroatoms. The van der Waals surface area contributed by atoms with Crippen molar-refractivity contribution < 1.29 is 14.1 Å². The number of Topliss-reactive ketones (excluding diaryl/α,β-unsaturated/α-hetero) is 1. The van der Waals surface area contributed by atoms with Crippen LogP contribution in [-0.4, -0.2) is 34.8 Å². The SMILES string of the molecule is Cc1cc(C(=O)N2CCC(=O)CC2)no1. The standard InChI is InChI=1S/C10H12N2O3/c1-7-6-9(11-15-7)10(14)12-4-2-8(13)3-5-12/h6H,2-5H2,1H3. The molecule has 5 nitrogen and oxygen atoms in total. The normalized spacial score (nSPS) is 16.9. The van der Waals surface area contributed by atoms with Gasteiger partial charge in [0.05, 0.1) is 0 Å². The summed E-state index contributed by atoms with van der Waals surface area (Å²) in [6.45, 7) is 2.72. The second kappa shape index (κ2) is 3.84. The lowest BCUT2D eigenvalue weighted by Crippen LogP contribution is -2.38. The second-order valence-electron chi connectivity index (χ2n) is 3.65. The van der Waals surface area contributed by atoms with Gasteiger partial charge in [-0.15, -0.1) is 0 Å². The van der Waals surface area contributed by atoms with Crippen LogP contribution in [0.4, 0.5) is 0 Å². The summed E-state index contributed by atoms with van der Waals surface area (Å²) in [5, 5.41) is 3.66. The molecule has 0 radical (unpaired) electrons. The summed E-state index contributed by atoms with van der Waals surface area (Å²) in [4.78, 5) is 24.4. The van der Waals surface area contributed by atoms with Gasteiger partial charge in [-0.1, -0.05) is 5.16 Å². The van der Waals surface area contributed by atoms with Crippen molar-refractivity contribution in [2.75, 3.05) is 13.1 Å². The number of nitrogens with zero attached hydrogens (tertiary/aromatic N) is 2. The molecule has 0 bridgehead atoms. The number of carbonyl (C=O) groups is 2. The van der Waals surface area contributed by atoms with Gasteiger partial charge in [0.2, 0.25) is 0 Å². The fraction of sp³-hybridized carbons (Fsp3) is 0.500. The van der Waals surface area contributed by atoms with E-state index in [4.69, 9.17) is 4.52 Å². The van der Waals surface area contributed by atoms with Crippen molar-refractivity contribution in [3.8, 4) is 0 Å². The zero-order valence-corrected chi connectivity index (χ0v) is 8.52. The van der Waals surface area contributed by atoms with E-state index in [1.54, 1.807) is 17.9 Å².